The van der Waals surface area contributed by atoms with Gasteiger partial charge >= 0.3 is 0 Å². The second-order valence-corrected chi connectivity index (χ2v) is 6.61. The smallest absolute Gasteiger partial charge is 0.119 e. The quantitative estimate of drug-likeness (QED) is 0.238. The van der Waals surface area contributed by atoms with Gasteiger partial charge in [-0.25, -0.2) is 0 Å². The van der Waals surface area contributed by atoms with Gasteiger partial charge in [0.15, 0.2) is 0 Å². The van der Waals surface area contributed by atoms with Crippen molar-refractivity contribution in [1.82, 2.24) is 0 Å². The molecule has 0 amide bonds. The third-order valence-electron chi connectivity index (χ3n) is 4.54. The first-order valence-electron chi connectivity index (χ1n) is 8.49. The largest absolute Gasteiger partial charge is 0.493 e. The van der Waals surface area contributed by atoms with E-state index in [2.05, 4.69) is 0 Å². The van der Waals surface area contributed by atoms with E-state index in [1.54, 1.807) is 12.1 Å². The van der Waals surface area contributed by atoms with Crippen molar-refractivity contribution in [1.29, 1.82) is 0 Å². The van der Waals surface area contributed by atoms with Crippen molar-refractivity contribution in [2.24, 2.45) is 10.8 Å². The number of hydrogen-bond donors (Lipinski definition) is 6. The van der Waals surface area contributed by atoms with Gasteiger partial charge in [-0.2, -0.15) is 0 Å². The van der Waals surface area contributed by atoms with E-state index in [1.807, 2.05) is 18.2 Å². The molecule has 1 unspecified atom stereocenters. The monoisotopic (exact) mass is 374 g/mol. The van der Waals surface area contributed by atoms with Crippen LogP contribution in [0.1, 0.15) is 6.42 Å². The van der Waals surface area contributed by atoms with Crippen LogP contribution in [-0.4, -0.2) is 89.6 Å². The van der Waals surface area contributed by atoms with Crippen LogP contribution in [0.15, 0.2) is 30.3 Å². The Morgan fingerprint density at radius 2 is 1.38 bits per heavy atom. The summed E-state index contributed by atoms with van der Waals surface area (Å²) in [5.74, 6) is 0.646. The zero-order valence-electron chi connectivity index (χ0n) is 14.8. The maximum atomic E-state index is 10.4. The number of para-hydroxylation sites is 1. The molecule has 0 bridgehead atoms. The Morgan fingerprint density at radius 3 is 1.88 bits per heavy atom. The Kier molecular flexibility index (Phi) is 10.0. The van der Waals surface area contributed by atoms with Crippen LogP contribution in [0.3, 0.4) is 0 Å². The molecule has 0 heterocycles. The fourth-order valence-corrected chi connectivity index (χ4v) is 2.32. The summed E-state index contributed by atoms with van der Waals surface area (Å²) in [6.07, 6.45) is -0.946. The summed E-state index contributed by atoms with van der Waals surface area (Å²) in [4.78, 5) is 0. The maximum absolute atomic E-state index is 10.4. The summed E-state index contributed by atoms with van der Waals surface area (Å²) in [5.41, 5.74) is -2.55. The Morgan fingerprint density at radius 1 is 0.808 bits per heavy atom. The lowest BCUT2D eigenvalue weighted by Gasteiger charge is -2.36. The van der Waals surface area contributed by atoms with Gasteiger partial charge < -0.3 is 40.1 Å². The van der Waals surface area contributed by atoms with Gasteiger partial charge in [0, 0.05) is 6.42 Å². The van der Waals surface area contributed by atoms with Gasteiger partial charge in [-0.05, 0) is 12.1 Å². The third-order valence-corrected chi connectivity index (χ3v) is 4.54. The Balaban J connectivity index is 2.57. The van der Waals surface area contributed by atoms with Crippen molar-refractivity contribution in [3.8, 4) is 5.75 Å². The van der Waals surface area contributed by atoms with E-state index in [4.69, 9.17) is 9.47 Å². The van der Waals surface area contributed by atoms with E-state index < -0.39 is 50.0 Å². The highest BCUT2D eigenvalue weighted by molar-refractivity contribution is 5.20. The lowest BCUT2D eigenvalue weighted by atomic mass is 9.82. The van der Waals surface area contributed by atoms with Crippen LogP contribution in [-0.2, 0) is 4.74 Å². The molecule has 0 fully saturated rings. The van der Waals surface area contributed by atoms with E-state index in [1.165, 1.54) is 0 Å². The molecular formula is C18H30O8. The average molecular weight is 374 g/mol. The van der Waals surface area contributed by atoms with Gasteiger partial charge in [0.2, 0.25) is 0 Å². The van der Waals surface area contributed by atoms with Crippen LogP contribution in [0.25, 0.3) is 0 Å². The number of aliphatic hydroxyl groups is 6. The number of ether oxygens (including phenoxy) is 2. The summed E-state index contributed by atoms with van der Waals surface area (Å²) in [7, 11) is 0. The van der Waals surface area contributed by atoms with Gasteiger partial charge in [0.05, 0.1) is 69.8 Å². The molecule has 0 spiro atoms. The van der Waals surface area contributed by atoms with E-state index in [9.17, 15) is 30.6 Å². The summed E-state index contributed by atoms with van der Waals surface area (Å²) >= 11 is 0. The van der Waals surface area contributed by atoms with Gasteiger partial charge in [0.1, 0.15) is 5.75 Å². The molecule has 26 heavy (non-hydrogen) atoms. The molecule has 0 aliphatic carbocycles. The van der Waals surface area contributed by atoms with Gasteiger partial charge in [-0.1, -0.05) is 18.2 Å². The second-order valence-electron chi connectivity index (χ2n) is 6.61. The minimum atomic E-state index is -1.33. The van der Waals surface area contributed by atoms with Crippen LogP contribution in [0, 0.1) is 10.8 Å². The van der Waals surface area contributed by atoms with Crippen LogP contribution in [0.2, 0.25) is 0 Å². The zero-order valence-corrected chi connectivity index (χ0v) is 14.8. The molecule has 8 heteroatoms. The standard InChI is InChI=1S/C18H30O8/c19-8-17(9-20,10-21)13-25-14-18(11-22,12-23)16(24)6-7-26-15-4-2-1-3-5-15/h1-5,16,19-24H,6-14H2. The van der Waals surface area contributed by atoms with Crippen LogP contribution in [0.5, 0.6) is 5.75 Å². The van der Waals surface area contributed by atoms with Crippen molar-refractivity contribution in [2.75, 3.05) is 52.9 Å². The van der Waals surface area contributed by atoms with Gasteiger partial charge in [-0.3, -0.25) is 0 Å². The number of hydrogen-bond acceptors (Lipinski definition) is 8. The molecule has 6 N–H and O–H groups in total. The summed E-state index contributed by atoms with van der Waals surface area (Å²) in [5, 5.41) is 57.6. The summed E-state index contributed by atoms with van der Waals surface area (Å²) in [6.45, 7) is -2.74. The molecule has 0 aliphatic rings. The molecule has 0 saturated carbocycles. The van der Waals surface area contributed by atoms with Crippen molar-refractivity contribution in [2.45, 2.75) is 12.5 Å². The van der Waals surface area contributed by atoms with E-state index in [0.29, 0.717) is 5.75 Å². The summed E-state index contributed by atoms with van der Waals surface area (Å²) < 4.78 is 10.9. The Hall–Kier alpha value is -1.26. The molecule has 0 aliphatic heterocycles. The van der Waals surface area contributed by atoms with Crippen LogP contribution < -0.4 is 4.74 Å². The van der Waals surface area contributed by atoms with Crippen molar-refractivity contribution in [3.63, 3.8) is 0 Å². The van der Waals surface area contributed by atoms with Crippen molar-refractivity contribution < 1.29 is 40.1 Å². The lowest BCUT2D eigenvalue weighted by molar-refractivity contribution is -0.129. The third kappa shape index (κ3) is 6.17. The highest BCUT2D eigenvalue weighted by Crippen LogP contribution is 2.26. The summed E-state index contributed by atoms with van der Waals surface area (Å²) in [6, 6.07) is 9.05. The van der Waals surface area contributed by atoms with Gasteiger partial charge in [0.25, 0.3) is 0 Å². The molecule has 8 nitrogen and oxygen atoms in total. The zero-order chi connectivity index (χ0) is 19.5. The fraction of sp³-hybridized carbons (Fsp3) is 0.667. The highest BCUT2D eigenvalue weighted by Gasteiger charge is 2.39. The molecule has 150 valence electrons. The normalized spacial score (nSPS) is 13.6. The molecule has 0 aromatic heterocycles. The van der Waals surface area contributed by atoms with E-state index in [-0.39, 0.29) is 26.2 Å². The first-order chi connectivity index (χ1) is 12.5. The predicted molar refractivity (Wildman–Crippen MR) is 93.7 cm³/mol. The molecule has 0 saturated heterocycles. The van der Waals surface area contributed by atoms with Crippen LogP contribution >= 0.6 is 0 Å². The number of aliphatic hydroxyl groups excluding tert-OH is 6. The van der Waals surface area contributed by atoms with Crippen LogP contribution in [0.4, 0.5) is 0 Å². The number of rotatable bonds is 14. The topological polar surface area (TPSA) is 140 Å². The second kappa shape index (κ2) is 11.5. The average Bonchev–Trinajstić information content (AvgIpc) is 2.70. The fourth-order valence-electron chi connectivity index (χ4n) is 2.32. The number of benzene rings is 1. The SMILES string of the molecule is OCC(CO)(CO)COCC(CO)(CO)C(O)CCOc1ccccc1. The Bertz CT molecular complexity index is 465. The molecule has 1 rings (SSSR count). The first-order valence-corrected chi connectivity index (χ1v) is 8.49. The minimum Gasteiger partial charge on any atom is -0.493 e. The van der Waals surface area contributed by atoms with E-state index in [0.717, 1.165) is 0 Å². The van der Waals surface area contributed by atoms with Crippen molar-refractivity contribution in [3.05, 3.63) is 30.3 Å². The molecule has 1 aromatic carbocycles. The maximum Gasteiger partial charge on any atom is 0.119 e. The predicted octanol–water partition coefficient (Wildman–Crippen LogP) is -1.23. The van der Waals surface area contributed by atoms with E-state index >= 15 is 0 Å². The minimum absolute atomic E-state index is 0.157. The molecular weight excluding hydrogens is 344 g/mol. The van der Waals surface area contributed by atoms with Crippen molar-refractivity contribution >= 4 is 0 Å². The first kappa shape index (κ1) is 22.8. The lowest BCUT2D eigenvalue weighted by Crippen LogP contribution is -2.48. The molecule has 1 atom stereocenters. The van der Waals surface area contributed by atoms with Gasteiger partial charge in [-0.15, -0.1) is 0 Å². The molecule has 0 radical (unpaired) electrons. The molecule has 1 aromatic rings. The Labute approximate surface area is 153 Å². The highest BCUT2D eigenvalue weighted by atomic mass is 16.5.